The van der Waals surface area contributed by atoms with Gasteiger partial charge >= 0.3 is 0 Å². The van der Waals surface area contributed by atoms with E-state index in [-0.39, 0.29) is 29.8 Å². The van der Waals surface area contributed by atoms with Crippen LogP contribution < -0.4 is 10.6 Å². The van der Waals surface area contributed by atoms with E-state index in [9.17, 15) is 4.39 Å². The van der Waals surface area contributed by atoms with Crippen molar-refractivity contribution in [3.63, 3.8) is 0 Å². The highest BCUT2D eigenvalue weighted by atomic mass is 127. The van der Waals surface area contributed by atoms with Crippen LogP contribution in [0.4, 0.5) is 4.39 Å². The Morgan fingerprint density at radius 2 is 2.08 bits per heavy atom. The maximum atomic E-state index is 13.6. The highest BCUT2D eigenvalue weighted by Gasteiger charge is 2.24. The third-order valence-corrected chi connectivity index (χ3v) is 4.23. The number of likely N-dealkylation sites (tertiary alicyclic amines) is 1. The minimum Gasteiger partial charge on any atom is -0.355 e. The van der Waals surface area contributed by atoms with Gasteiger partial charge in [-0.15, -0.1) is 24.0 Å². The second-order valence-electron chi connectivity index (χ2n) is 6.58. The SMILES string of the molecule is CN=C(NCc1ccccc1F)NC[C@H]1CCCN1CC(C)C.I. The largest absolute Gasteiger partial charge is 0.355 e. The van der Waals surface area contributed by atoms with Gasteiger partial charge in [0.2, 0.25) is 0 Å². The molecular weight excluding hydrogens is 418 g/mol. The Labute approximate surface area is 162 Å². The summed E-state index contributed by atoms with van der Waals surface area (Å²) in [4.78, 5) is 6.79. The minimum atomic E-state index is -0.186. The van der Waals surface area contributed by atoms with Crippen molar-refractivity contribution < 1.29 is 4.39 Å². The van der Waals surface area contributed by atoms with Crippen molar-refractivity contribution in [3.8, 4) is 0 Å². The number of guanidine groups is 1. The normalized spacial score (nSPS) is 18.5. The predicted molar refractivity (Wildman–Crippen MR) is 109 cm³/mol. The van der Waals surface area contributed by atoms with Crippen LogP contribution in [0.1, 0.15) is 32.3 Å². The number of rotatable bonds is 6. The number of benzene rings is 1. The Morgan fingerprint density at radius 3 is 2.75 bits per heavy atom. The Kier molecular flexibility index (Phi) is 9.58. The van der Waals surface area contributed by atoms with Gasteiger partial charge in [0.25, 0.3) is 0 Å². The first-order chi connectivity index (χ1) is 11.1. The first-order valence-electron chi connectivity index (χ1n) is 8.52. The lowest BCUT2D eigenvalue weighted by Crippen LogP contribution is -2.45. The lowest BCUT2D eigenvalue weighted by molar-refractivity contribution is 0.226. The van der Waals surface area contributed by atoms with Crippen molar-refractivity contribution in [2.45, 2.75) is 39.3 Å². The van der Waals surface area contributed by atoms with Crippen molar-refractivity contribution in [2.24, 2.45) is 10.9 Å². The zero-order chi connectivity index (χ0) is 16.7. The van der Waals surface area contributed by atoms with E-state index < -0.39 is 0 Å². The molecule has 4 nitrogen and oxygen atoms in total. The van der Waals surface area contributed by atoms with Gasteiger partial charge in [-0.1, -0.05) is 32.0 Å². The van der Waals surface area contributed by atoms with Gasteiger partial charge in [0.05, 0.1) is 0 Å². The van der Waals surface area contributed by atoms with Crippen LogP contribution in [0.5, 0.6) is 0 Å². The van der Waals surface area contributed by atoms with Crippen molar-refractivity contribution in [1.29, 1.82) is 0 Å². The lowest BCUT2D eigenvalue weighted by atomic mass is 10.1. The molecule has 2 rings (SSSR count). The van der Waals surface area contributed by atoms with Crippen molar-refractivity contribution in [3.05, 3.63) is 35.6 Å². The molecule has 1 fully saturated rings. The first kappa shape index (κ1) is 21.2. The van der Waals surface area contributed by atoms with Crippen LogP contribution in [-0.2, 0) is 6.54 Å². The van der Waals surface area contributed by atoms with Gasteiger partial charge < -0.3 is 10.6 Å². The summed E-state index contributed by atoms with van der Waals surface area (Å²) >= 11 is 0. The van der Waals surface area contributed by atoms with Gasteiger partial charge in [-0.2, -0.15) is 0 Å². The van der Waals surface area contributed by atoms with E-state index in [1.807, 2.05) is 6.07 Å². The molecule has 1 heterocycles. The Bertz CT molecular complexity index is 521. The molecule has 1 aliphatic rings. The molecular formula is C18H30FIN4. The Hall–Kier alpha value is -0.890. The number of halogens is 2. The summed E-state index contributed by atoms with van der Waals surface area (Å²) in [5, 5.41) is 6.57. The molecule has 2 N–H and O–H groups in total. The second kappa shape index (κ2) is 10.9. The molecule has 136 valence electrons. The van der Waals surface area contributed by atoms with E-state index in [1.165, 1.54) is 25.5 Å². The maximum absolute atomic E-state index is 13.6. The number of aliphatic imine (C=N–C) groups is 1. The van der Waals surface area contributed by atoms with Gasteiger partial charge in [-0.25, -0.2) is 4.39 Å². The van der Waals surface area contributed by atoms with Gasteiger partial charge in [0, 0.05) is 38.3 Å². The summed E-state index contributed by atoms with van der Waals surface area (Å²) in [6.45, 7) is 8.17. The van der Waals surface area contributed by atoms with Crippen LogP contribution in [0.2, 0.25) is 0 Å². The van der Waals surface area contributed by atoms with Gasteiger partial charge in [0.1, 0.15) is 5.82 Å². The summed E-state index contributed by atoms with van der Waals surface area (Å²) in [5.41, 5.74) is 0.651. The average molecular weight is 448 g/mol. The molecule has 0 bridgehead atoms. The standard InChI is InChI=1S/C18H29FN4.HI/c1-14(2)13-23-10-6-8-16(23)12-22-18(20-3)21-11-15-7-4-5-9-17(15)19;/h4-5,7,9,14,16H,6,8,10-13H2,1-3H3,(H2,20,21,22);1H/t16-;/m1./s1. The summed E-state index contributed by atoms with van der Waals surface area (Å²) in [6, 6.07) is 7.38. The number of nitrogens with one attached hydrogen (secondary N) is 2. The average Bonchev–Trinajstić information content (AvgIpc) is 2.95. The summed E-state index contributed by atoms with van der Waals surface area (Å²) in [5.74, 6) is 1.23. The van der Waals surface area contributed by atoms with Crippen LogP contribution in [0.3, 0.4) is 0 Å². The molecule has 1 aromatic rings. The van der Waals surface area contributed by atoms with Crippen LogP contribution >= 0.6 is 24.0 Å². The quantitative estimate of drug-likeness (QED) is 0.399. The summed E-state index contributed by atoms with van der Waals surface area (Å²) in [7, 11) is 1.75. The van der Waals surface area contributed by atoms with Crippen LogP contribution in [0, 0.1) is 11.7 Å². The molecule has 1 saturated heterocycles. The van der Waals surface area contributed by atoms with E-state index in [0.717, 1.165) is 19.0 Å². The maximum Gasteiger partial charge on any atom is 0.191 e. The highest BCUT2D eigenvalue weighted by molar-refractivity contribution is 14.0. The van der Waals surface area contributed by atoms with E-state index in [1.54, 1.807) is 19.2 Å². The Balaban J connectivity index is 0.00000288. The highest BCUT2D eigenvalue weighted by Crippen LogP contribution is 2.17. The zero-order valence-electron chi connectivity index (χ0n) is 14.9. The number of hydrogen-bond acceptors (Lipinski definition) is 2. The third kappa shape index (κ3) is 6.55. The molecule has 1 aliphatic heterocycles. The van der Waals surface area contributed by atoms with Crippen molar-refractivity contribution in [1.82, 2.24) is 15.5 Å². The fraction of sp³-hybridized carbons (Fsp3) is 0.611. The molecule has 0 radical (unpaired) electrons. The molecule has 0 unspecified atom stereocenters. The molecule has 0 aliphatic carbocycles. The van der Waals surface area contributed by atoms with Crippen LogP contribution in [0.15, 0.2) is 29.3 Å². The third-order valence-electron chi connectivity index (χ3n) is 4.23. The molecule has 1 aromatic carbocycles. The van der Waals surface area contributed by atoms with Crippen molar-refractivity contribution >= 4 is 29.9 Å². The van der Waals surface area contributed by atoms with Gasteiger partial charge in [-0.05, 0) is 31.4 Å². The molecule has 0 saturated carbocycles. The minimum absolute atomic E-state index is 0. The fourth-order valence-electron chi connectivity index (χ4n) is 3.09. The fourth-order valence-corrected chi connectivity index (χ4v) is 3.09. The smallest absolute Gasteiger partial charge is 0.191 e. The van der Waals surface area contributed by atoms with E-state index >= 15 is 0 Å². The second-order valence-corrected chi connectivity index (χ2v) is 6.58. The lowest BCUT2D eigenvalue weighted by Gasteiger charge is -2.27. The van der Waals surface area contributed by atoms with Gasteiger partial charge in [-0.3, -0.25) is 9.89 Å². The predicted octanol–water partition coefficient (Wildman–Crippen LogP) is 3.23. The molecule has 24 heavy (non-hydrogen) atoms. The van der Waals surface area contributed by atoms with E-state index in [0.29, 0.717) is 24.1 Å². The Morgan fingerprint density at radius 1 is 1.33 bits per heavy atom. The van der Waals surface area contributed by atoms with Crippen molar-refractivity contribution in [2.75, 3.05) is 26.7 Å². The summed E-state index contributed by atoms with van der Waals surface area (Å²) in [6.07, 6.45) is 2.49. The molecule has 0 spiro atoms. The molecule has 6 heteroatoms. The molecule has 0 amide bonds. The number of hydrogen-bond donors (Lipinski definition) is 2. The van der Waals surface area contributed by atoms with Crippen LogP contribution in [0.25, 0.3) is 0 Å². The van der Waals surface area contributed by atoms with Gasteiger partial charge in [0.15, 0.2) is 5.96 Å². The monoisotopic (exact) mass is 448 g/mol. The van der Waals surface area contributed by atoms with E-state index in [4.69, 9.17) is 0 Å². The van der Waals surface area contributed by atoms with E-state index in [2.05, 4.69) is 34.4 Å². The number of nitrogens with zero attached hydrogens (tertiary/aromatic N) is 2. The first-order valence-corrected chi connectivity index (χ1v) is 8.52. The summed E-state index contributed by atoms with van der Waals surface area (Å²) < 4.78 is 13.6. The zero-order valence-corrected chi connectivity index (χ0v) is 17.2. The molecule has 1 atom stereocenters. The topological polar surface area (TPSA) is 39.7 Å². The molecule has 0 aromatic heterocycles. The van der Waals surface area contributed by atoms with Crippen LogP contribution in [-0.4, -0.2) is 43.6 Å².